The van der Waals surface area contributed by atoms with Crippen LogP contribution >= 0.6 is 11.3 Å². The maximum absolute atomic E-state index is 12.9. The largest absolute Gasteiger partial charge is 0.289 e. The van der Waals surface area contributed by atoms with Crippen LogP contribution in [0.4, 0.5) is 4.39 Å². The summed E-state index contributed by atoms with van der Waals surface area (Å²) in [6.07, 6.45) is 6.33. The minimum atomic E-state index is -0.275. The maximum Gasteiger partial charge on any atom is 0.189 e. The van der Waals surface area contributed by atoms with E-state index in [-0.39, 0.29) is 11.6 Å². The van der Waals surface area contributed by atoms with Crippen LogP contribution in [0.5, 0.6) is 0 Å². The predicted octanol–water partition coefficient (Wildman–Crippen LogP) is 3.58. The first kappa shape index (κ1) is 14.3. The second-order valence-corrected chi connectivity index (χ2v) is 5.54. The molecule has 0 N–H and O–H groups in total. The highest BCUT2D eigenvalue weighted by molar-refractivity contribution is 7.13. The van der Waals surface area contributed by atoms with E-state index in [0.717, 1.165) is 10.6 Å². The summed E-state index contributed by atoms with van der Waals surface area (Å²) in [5, 5.41) is 6.60. The Hall–Kier alpha value is -2.60. The fourth-order valence-corrected chi connectivity index (χ4v) is 2.69. The minimum absolute atomic E-state index is 0.121. The van der Waals surface area contributed by atoms with E-state index in [1.165, 1.54) is 35.7 Å². The summed E-state index contributed by atoms with van der Waals surface area (Å²) in [6.45, 7) is 0. The first-order valence-electron chi connectivity index (χ1n) is 6.54. The lowest BCUT2D eigenvalue weighted by molar-refractivity contribution is 0.104. The molecule has 3 rings (SSSR count). The van der Waals surface area contributed by atoms with Crippen molar-refractivity contribution in [2.45, 2.75) is 0 Å². The van der Waals surface area contributed by atoms with Crippen molar-refractivity contribution in [2.24, 2.45) is 7.05 Å². The molecule has 0 saturated carbocycles. The number of hydrogen-bond donors (Lipinski definition) is 0. The summed E-state index contributed by atoms with van der Waals surface area (Å²) >= 11 is 1.45. The molecule has 2 heterocycles. The van der Waals surface area contributed by atoms with Gasteiger partial charge in [0.05, 0.1) is 17.5 Å². The fourth-order valence-electron chi connectivity index (χ4n) is 1.89. The Morgan fingerprint density at radius 1 is 1.32 bits per heavy atom. The van der Waals surface area contributed by atoms with Gasteiger partial charge in [0.1, 0.15) is 10.8 Å². The molecule has 2 aromatic heterocycles. The number of benzene rings is 1. The van der Waals surface area contributed by atoms with Gasteiger partial charge in [0.15, 0.2) is 5.78 Å². The van der Waals surface area contributed by atoms with Gasteiger partial charge in [-0.05, 0) is 36.4 Å². The summed E-state index contributed by atoms with van der Waals surface area (Å²) in [6, 6.07) is 6.17. The Labute approximate surface area is 130 Å². The smallest absolute Gasteiger partial charge is 0.189 e. The van der Waals surface area contributed by atoms with Crippen molar-refractivity contribution in [3.63, 3.8) is 0 Å². The Morgan fingerprint density at radius 3 is 2.77 bits per heavy atom. The summed E-state index contributed by atoms with van der Waals surface area (Å²) < 4.78 is 14.5. The molecule has 0 fully saturated rings. The molecule has 0 unspecified atom stereocenters. The molecule has 0 aliphatic carbocycles. The third-order valence-corrected chi connectivity index (χ3v) is 3.92. The third kappa shape index (κ3) is 3.17. The van der Waals surface area contributed by atoms with Crippen LogP contribution in [-0.2, 0) is 7.05 Å². The van der Waals surface area contributed by atoms with Crippen LogP contribution < -0.4 is 0 Å². The zero-order valence-corrected chi connectivity index (χ0v) is 12.5. The predicted molar refractivity (Wildman–Crippen MR) is 84.1 cm³/mol. The van der Waals surface area contributed by atoms with E-state index in [4.69, 9.17) is 0 Å². The second-order valence-electron chi connectivity index (χ2n) is 4.68. The zero-order chi connectivity index (χ0) is 15.5. The van der Waals surface area contributed by atoms with Gasteiger partial charge in [0, 0.05) is 24.2 Å². The molecular weight excluding hydrogens is 301 g/mol. The van der Waals surface area contributed by atoms with Gasteiger partial charge in [-0.15, -0.1) is 11.3 Å². The molecule has 0 aliphatic heterocycles. The van der Waals surface area contributed by atoms with Crippen LogP contribution in [-0.4, -0.2) is 20.5 Å². The van der Waals surface area contributed by atoms with Crippen LogP contribution in [0.2, 0.25) is 0 Å². The Morgan fingerprint density at radius 2 is 2.09 bits per heavy atom. The summed E-state index contributed by atoms with van der Waals surface area (Å²) in [4.78, 5) is 16.4. The van der Waals surface area contributed by atoms with Crippen molar-refractivity contribution < 1.29 is 9.18 Å². The topological polar surface area (TPSA) is 47.8 Å². The molecule has 0 atom stereocenters. The zero-order valence-electron chi connectivity index (χ0n) is 11.7. The molecule has 0 amide bonds. The molecule has 0 bridgehead atoms. The molecule has 110 valence electrons. The quantitative estimate of drug-likeness (QED) is 0.546. The average Bonchev–Trinajstić information content (AvgIpc) is 3.15. The van der Waals surface area contributed by atoms with Gasteiger partial charge < -0.3 is 0 Å². The molecule has 0 radical (unpaired) electrons. The first-order chi connectivity index (χ1) is 10.6. The third-order valence-electron chi connectivity index (χ3n) is 3.01. The van der Waals surface area contributed by atoms with E-state index in [9.17, 15) is 9.18 Å². The molecule has 0 saturated heterocycles. The van der Waals surface area contributed by atoms with E-state index in [0.29, 0.717) is 11.3 Å². The van der Waals surface area contributed by atoms with Crippen LogP contribution in [0, 0.1) is 5.82 Å². The number of allylic oxidation sites excluding steroid dienone is 1. The van der Waals surface area contributed by atoms with Gasteiger partial charge in [-0.2, -0.15) is 5.10 Å². The molecule has 0 aliphatic rings. The molecule has 22 heavy (non-hydrogen) atoms. The number of halogens is 1. The number of aryl methyl sites for hydroxylation is 1. The Balaban J connectivity index is 1.75. The van der Waals surface area contributed by atoms with Crippen molar-refractivity contribution in [2.75, 3.05) is 0 Å². The highest BCUT2D eigenvalue weighted by atomic mass is 32.1. The van der Waals surface area contributed by atoms with E-state index in [2.05, 4.69) is 10.1 Å². The van der Waals surface area contributed by atoms with Crippen LogP contribution in [0.25, 0.3) is 16.6 Å². The Bertz CT molecular complexity index is 833. The lowest BCUT2D eigenvalue weighted by Crippen LogP contribution is -1.91. The minimum Gasteiger partial charge on any atom is -0.289 e. The second kappa shape index (κ2) is 6.03. The van der Waals surface area contributed by atoms with Crippen LogP contribution in [0.15, 0.2) is 48.1 Å². The number of carbonyl (C=O) groups excluding carboxylic acids is 1. The number of carbonyl (C=O) groups is 1. The standard InChI is InChI=1S/C16H12FN3OS/c1-20-9-12(8-18-20)15(21)7-6-14-10-22-16(19-14)11-2-4-13(17)5-3-11/h2-10H,1H3. The number of ketones is 1. The fraction of sp³-hybridized carbons (Fsp3) is 0.0625. The van der Waals surface area contributed by atoms with Gasteiger partial charge in [0.25, 0.3) is 0 Å². The van der Waals surface area contributed by atoms with Crippen molar-refractivity contribution in [1.82, 2.24) is 14.8 Å². The summed E-state index contributed by atoms with van der Waals surface area (Å²) in [7, 11) is 1.76. The van der Waals surface area contributed by atoms with Crippen molar-refractivity contribution in [3.8, 4) is 10.6 Å². The van der Waals surface area contributed by atoms with Gasteiger partial charge in [0.2, 0.25) is 0 Å². The number of aromatic nitrogens is 3. The lowest BCUT2D eigenvalue weighted by atomic mass is 10.2. The number of thiazole rings is 1. The monoisotopic (exact) mass is 313 g/mol. The van der Waals surface area contributed by atoms with Gasteiger partial charge in [-0.3, -0.25) is 9.48 Å². The highest BCUT2D eigenvalue weighted by Crippen LogP contribution is 2.24. The highest BCUT2D eigenvalue weighted by Gasteiger charge is 2.06. The van der Waals surface area contributed by atoms with Crippen molar-refractivity contribution in [1.29, 1.82) is 0 Å². The van der Waals surface area contributed by atoms with Crippen LogP contribution in [0.1, 0.15) is 16.1 Å². The summed E-state index contributed by atoms with van der Waals surface area (Å²) in [5.41, 5.74) is 2.08. The number of nitrogens with zero attached hydrogens (tertiary/aromatic N) is 3. The maximum atomic E-state index is 12.9. The number of rotatable bonds is 4. The SMILES string of the molecule is Cn1cc(C(=O)C=Cc2csc(-c3ccc(F)cc3)n2)cn1. The molecule has 3 aromatic rings. The van der Waals surface area contributed by atoms with Gasteiger partial charge in [-0.1, -0.05) is 0 Å². The normalized spacial score (nSPS) is 11.2. The van der Waals surface area contributed by atoms with E-state index in [1.807, 2.05) is 5.38 Å². The van der Waals surface area contributed by atoms with Crippen LogP contribution in [0.3, 0.4) is 0 Å². The molecule has 6 heteroatoms. The van der Waals surface area contributed by atoms with Gasteiger partial charge >= 0.3 is 0 Å². The molecule has 1 aromatic carbocycles. The van der Waals surface area contributed by atoms with E-state index < -0.39 is 0 Å². The van der Waals surface area contributed by atoms with Crippen molar-refractivity contribution in [3.05, 3.63) is 65.2 Å². The van der Waals surface area contributed by atoms with E-state index >= 15 is 0 Å². The molecular formula is C16H12FN3OS. The first-order valence-corrected chi connectivity index (χ1v) is 7.42. The molecule has 4 nitrogen and oxygen atoms in total. The summed E-state index contributed by atoms with van der Waals surface area (Å²) in [5.74, 6) is -0.396. The molecule has 0 spiro atoms. The average molecular weight is 313 g/mol. The lowest BCUT2D eigenvalue weighted by Gasteiger charge is -1.94. The van der Waals surface area contributed by atoms with Crippen molar-refractivity contribution >= 4 is 23.2 Å². The van der Waals surface area contributed by atoms with Gasteiger partial charge in [-0.25, -0.2) is 9.37 Å². The number of hydrogen-bond acceptors (Lipinski definition) is 4. The van der Waals surface area contributed by atoms with E-state index in [1.54, 1.807) is 36.1 Å². The Kier molecular flexibility index (Phi) is 3.93.